The second-order valence-electron chi connectivity index (χ2n) is 3.90. The predicted octanol–water partition coefficient (Wildman–Crippen LogP) is 3.76. The van der Waals surface area contributed by atoms with Gasteiger partial charge in [0.2, 0.25) is 0 Å². The van der Waals surface area contributed by atoms with Crippen molar-refractivity contribution in [3.05, 3.63) is 58.1 Å². The summed E-state index contributed by atoms with van der Waals surface area (Å²) in [4.78, 5) is 11.9. The Balaban J connectivity index is 2.04. The van der Waals surface area contributed by atoms with Gasteiger partial charge in [0.1, 0.15) is 5.75 Å². The van der Waals surface area contributed by atoms with Crippen molar-refractivity contribution in [3.63, 3.8) is 0 Å². The predicted molar refractivity (Wildman–Crippen MR) is 80.5 cm³/mol. The first kappa shape index (κ1) is 14.5. The van der Waals surface area contributed by atoms with Crippen molar-refractivity contribution in [3.8, 4) is 5.75 Å². The monoisotopic (exact) mass is 310 g/mol. The summed E-state index contributed by atoms with van der Waals surface area (Å²) in [7, 11) is 1.57. The fourth-order valence-corrected chi connectivity index (χ4v) is 2.04. The molecule has 2 aromatic carbocycles. The molecule has 0 saturated carbocycles. The summed E-state index contributed by atoms with van der Waals surface area (Å²) in [5.74, 6) is 0.382. The van der Waals surface area contributed by atoms with Crippen LogP contribution in [0.1, 0.15) is 10.4 Å². The minimum Gasteiger partial charge on any atom is -0.497 e. The topological polar surface area (TPSA) is 50.4 Å². The molecule has 0 aromatic heterocycles. The molecule has 104 valence electrons. The summed E-state index contributed by atoms with van der Waals surface area (Å²) >= 11 is 12.0. The van der Waals surface area contributed by atoms with Gasteiger partial charge in [0, 0.05) is 5.56 Å². The average Bonchev–Trinajstić information content (AvgIpc) is 2.46. The SMILES string of the molecule is COc1ccc(C(=O)NNc2c(Cl)cccc2Cl)cc1. The van der Waals surface area contributed by atoms with Gasteiger partial charge in [-0.2, -0.15) is 0 Å². The van der Waals surface area contributed by atoms with E-state index in [4.69, 9.17) is 27.9 Å². The number of carbonyl (C=O) groups excluding carboxylic acids is 1. The van der Waals surface area contributed by atoms with Crippen molar-refractivity contribution in [2.75, 3.05) is 12.5 Å². The van der Waals surface area contributed by atoms with Gasteiger partial charge >= 0.3 is 0 Å². The Morgan fingerprint density at radius 2 is 1.65 bits per heavy atom. The number of methoxy groups -OCH3 is 1. The first-order valence-corrected chi connectivity index (χ1v) is 6.52. The number of amides is 1. The number of para-hydroxylation sites is 1. The van der Waals surface area contributed by atoms with Gasteiger partial charge < -0.3 is 4.74 Å². The van der Waals surface area contributed by atoms with E-state index in [-0.39, 0.29) is 5.91 Å². The first-order chi connectivity index (χ1) is 9.61. The van der Waals surface area contributed by atoms with Gasteiger partial charge in [-0.15, -0.1) is 0 Å². The van der Waals surface area contributed by atoms with E-state index in [2.05, 4.69) is 10.9 Å². The number of hydrogen-bond acceptors (Lipinski definition) is 3. The lowest BCUT2D eigenvalue weighted by Gasteiger charge is -2.11. The lowest BCUT2D eigenvalue weighted by Crippen LogP contribution is -2.29. The smallest absolute Gasteiger partial charge is 0.269 e. The van der Waals surface area contributed by atoms with Crippen LogP contribution in [-0.4, -0.2) is 13.0 Å². The van der Waals surface area contributed by atoms with E-state index >= 15 is 0 Å². The molecular formula is C14H12Cl2N2O2. The number of anilines is 1. The highest BCUT2D eigenvalue weighted by atomic mass is 35.5. The molecule has 0 atom stereocenters. The highest BCUT2D eigenvalue weighted by Crippen LogP contribution is 2.29. The number of hydrazine groups is 1. The minimum atomic E-state index is -0.302. The van der Waals surface area contributed by atoms with E-state index in [0.717, 1.165) is 0 Å². The number of ether oxygens (including phenoxy) is 1. The van der Waals surface area contributed by atoms with Crippen LogP contribution in [0, 0.1) is 0 Å². The highest BCUT2D eigenvalue weighted by Gasteiger charge is 2.08. The Bertz CT molecular complexity index is 595. The Kier molecular flexibility index (Phi) is 4.71. The number of hydrogen-bond donors (Lipinski definition) is 2. The quantitative estimate of drug-likeness (QED) is 0.845. The first-order valence-electron chi connectivity index (χ1n) is 5.76. The van der Waals surface area contributed by atoms with E-state index < -0.39 is 0 Å². The normalized spacial score (nSPS) is 9.95. The molecule has 0 bridgehead atoms. The van der Waals surface area contributed by atoms with Crippen molar-refractivity contribution >= 4 is 34.8 Å². The minimum absolute atomic E-state index is 0.302. The van der Waals surface area contributed by atoms with E-state index in [1.807, 2.05) is 0 Å². The second-order valence-corrected chi connectivity index (χ2v) is 4.72. The van der Waals surface area contributed by atoms with Gasteiger partial charge in [0.05, 0.1) is 22.8 Å². The molecule has 2 aromatic rings. The van der Waals surface area contributed by atoms with Crippen molar-refractivity contribution < 1.29 is 9.53 Å². The maximum atomic E-state index is 11.9. The summed E-state index contributed by atoms with van der Waals surface area (Å²) in [6.07, 6.45) is 0. The summed E-state index contributed by atoms with van der Waals surface area (Å²) in [5.41, 5.74) is 6.19. The van der Waals surface area contributed by atoms with Gasteiger partial charge in [0.25, 0.3) is 5.91 Å². The molecule has 4 nitrogen and oxygen atoms in total. The molecule has 2 rings (SSSR count). The molecular weight excluding hydrogens is 299 g/mol. The van der Waals surface area contributed by atoms with E-state index in [0.29, 0.717) is 27.0 Å². The fraction of sp³-hybridized carbons (Fsp3) is 0.0714. The molecule has 0 unspecified atom stereocenters. The third-order valence-electron chi connectivity index (χ3n) is 2.62. The van der Waals surface area contributed by atoms with Crippen molar-refractivity contribution in [1.82, 2.24) is 5.43 Å². The number of benzene rings is 2. The van der Waals surface area contributed by atoms with E-state index in [1.165, 1.54) is 0 Å². The molecule has 0 fully saturated rings. The fourth-order valence-electron chi connectivity index (χ4n) is 1.55. The summed E-state index contributed by atoms with van der Waals surface area (Å²) in [6.45, 7) is 0. The van der Waals surface area contributed by atoms with Crippen molar-refractivity contribution in [1.29, 1.82) is 0 Å². The van der Waals surface area contributed by atoms with Crippen molar-refractivity contribution in [2.24, 2.45) is 0 Å². The molecule has 0 radical (unpaired) electrons. The van der Waals surface area contributed by atoms with Crippen LogP contribution < -0.4 is 15.6 Å². The van der Waals surface area contributed by atoms with Gasteiger partial charge in [-0.1, -0.05) is 29.3 Å². The summed E-state index contributed by atoms with van der Waals surface area (Å²) in [5, 5.41) is 0.847. The second kappa shape index (κ2) is 6.50. The van der Waals surface area contributed by atoms with Crippen LogP contribution in [0.4, 0.5) is 5.69 Å². The molecule has 20 heavy (non-hydrogen) atoms. The maximum absolute atomic E-state index is 11.9. The van der Waals surface area contributed by atoms with Crippen LogP contribution in [0.2, 0.25) is 10.0 Å². The largest absolute Gasteiger partial charge is 0.497 e. The van der Waals surface area contributed by atoms with Crippen LogP contribution in [0.15, 0.2) is 42.5 Å². The average molecular weight is 311 g/mol. The molecule has 0 spiro atoms. The summed E-state index contributed by atoms with van der Waals surface area (Å²) in [6, 6.07) is 11.8. The van der Waals surface area contributed by atoms with Crippen LogP contribution in [0.5, 0.6) is 5.75 Å². The maximum Gasteiger partial charge on any atom is 0.269 e. The lowest BCUT2D eigenvalue weighted by atomic mass is 10.2. The third kappa shape index (κ3) is 3.35. The van der Waals surface area contributed by atoms with Crippen molar-refractivity contribution in [2.45, 2.75) is 0 Å². The number of nitrogens with one attached hydrogen (secondary N) is 2. The van der Waals surface area contributed by atoms with Gasteiger partial charge in [-0.25, -0.2) is 0 Å². The number of carbonyl (C=O) groups is 1. The molecule has 0 aliphatic heterocycles. The zero-order chi connectivity index (χ0) is 14.5. The zero-order valence-electron chi connectivity index (χ0n) is 10.6. The van der Waals surface area contributed by atoms with Gasteiger partial charge in [-0.3, -0.25) is 15.6 Å². The molecule has 1 amide bonds. The molecule has 2 N–H and O–H groups in total. The molecule has 0 aliphatic rings. The van der Waals surface area contributed by atoms with Gasteiger partial charge in [-0.05, 0) is 36.4 Å². The Morgan fingerprint density at radius 3 is 2.20 bits per heavy atom. The molecule has 0 saturated heterocycles. The number of halogens is 2. The highest BCUT2D eigenvalue weighted by molar-refractivity contribution is 6.39. The number of rotatable bonds is 4. The molecule has 0 heterocycles. The van der Waals surface area contributed by atoms with E-state index in [1.54, 1.807) is 49.6 Å². The van der Waals surface area contributed by atoms with Crippen LogP contribution in [0.3, 0.4) is 0 Å². The van der Waals surface area contributed by atoms with Gasteiger partial charge in [0.15, 0.2) is 0 Å². The Labute approximate surface area is 126 Å². The van der Waals surface area contributed by atoms with E-state index in [9.17, 15) is 4.79 Å². The summed E-state index contributed by atoms with van der Waals surface area (Å²) < 4.78 is 5.03. The molecule has 0 aliphatic carbocycles. The lowest BCUT2D eigenvalue weighted by molar-refractivity contribution is 0.0962. The van der Waals surface area contributed by atoms with Crippen LogP contribution in [-0.2, 0) is 0 Å². The Morgan fingerprint density at radius 1 is 1.05 bits per heavy atom. The van der Waals surface area contributed by atoms with Crippen LogP contribution >= 0.6 is 23.2 Å². The molecule has 6 heteroatoms. The van der Waals surface area contributed by atoms with Crippen LogP contribution in [0.25, 0.3) is 0 Å². The zero-order valence-corrected chi connectivity index (χ0v) is 12.1. The third-order valence-corrected chi connectivity index (χ3v) is 3.25. The standard InChI is InChI=1S/C14H12Cl2N2O2/c1-20-10-7-5-9(6-8-10)14(19)18-17-13-11(15)3-2-4-12(13)16/h2-8,17H,1H3,(H,18,19). The Hall–Kier alpha value is -1.91.